The molecule has 0 aliphatic heterocycles. The first kappa shape index (κ1) is 8.91. The van der Waals surface area contributed by atoms with Gasteiger partial charge in [-0.3, -0.25) is 0 Å². The molecule has 0 fully saturated rings. The molecule has 4 heteroatoms. The highest BCUT2D eigenvalue weighted by Crippen LogP contribution is 1.88. The predicted octanol–water partition coefficient (Wildman–Crippen LogP) is 0.0228. The van der Waals surface area contributed by atoms with Gasteiger partial charge in [0.2, 0.25) is 0 Å². The summed E-state index contributed by atoms with van der Waals surface area (Å²) < 4.78 is 25.1. The van der Waals surface area contributed by atoms with Gasteiger partial charge < -0.3 is 4.74 Å². The van der Waals surface area contributed by atoms with Crippen molar-refractivity contribution in [3.05, 3.63) is 0 Å². The lowest BCUT2D eigenvalue weighted by atomic mass is 10.5. The molecule has 1 unspecified atom stereocenters. The summed E-state index contributed by atoms with van der Waals surface area (Å²) in [6.45, 7) is 4.16. The Morgan fingerprint density at radius 3 is 2.44 bits per heavy atom. The van der Waals surface area contributed by atoms with Crippen LogP contribution in [0.3, 0.4) is 0 Å². The number of hydrogen-bond acceptors (Lipinski definition) is 3. The van der Waals surface area contributed by atoms with Crippen molar-refractivity contribution in [3.8, 4) is 0 Å². The van der Waals surface area contributed by atoms with Crippen LogP contribution >= 0.6 is 0 Å². The van der Waals surface area contributed by atoms with Gasteiger partial charge in [-0.2, -0.15) is 0 Å². The van der Waals surface area contributed by atoms with E-state index in [1.54, 1.807) is 6.92 Å². The first-order valence-electron chi connectivity index (χ1n) is 2.90. The Hall–Kier alpha value is -0.0900. The highest BCUT2D eigenvalue weighted by atomic mass is 32.2. The molecule has 0 N–H and O–H groups in total. The molecule has 0 heterocycles. The predicted molar refractivity (Wildman–Crippen MR) is 36.3 cm³/mol. The second kappa shape index (κ2) is 4.76. The maximum absolute atomic E-state index is 10.0. The molecular weight excluding hydrogens is 140 g/mol. The smallest absolute Gasteiger partial charge is 0.142 e. The fourth-order valence-electron chi connectivity index (χ4n) is 0.547. The average Bonchev–Trinajstić information content (AvgIpc) is 1.63. The highest BCUT2D eigenvalue weighted by Gasteiger charge is 1.99. The van der Waals surface area contributed by atoms with E-state index in [1.165, 1.54) is 0 Å². The first-order chi connectivity index (χ1) is 4.16. The van der Waals surface area contributed by atoms with Crippen molar-refractivity contribution < 1.29 is 13.2 Å². The Kier molecular flexibility index (Phi) is 4.71. The fourth-order valence-corrected chi connectivity index (χ4v) is 1.07. The lowest BCUT2D eigenvalue weighted by Crippen LogP contribution is -2.13. The van der Waals surface area contributed by atoms with E-state index in [0.29, 0.717) is 6.61 Å². The molecule has 0 saturated heterocycles. The van der Waals surface area contributed by atoms with Crippen LogP contribution in [0.15, 0.2) is 0 Å². The standard InChI is InChI=1S/C5H12O3S/c1-3-8-5(2)4-9(6)7/h5,9H,3-4H2,1-2H3. The van der Waals surface area contributed by atoms with Gasteiger partial charge in [-0.15, -0.1) is 0 Å². The zero-order chi connectivity index (χ0) is 7.28. The van der Waals surface area contributed by atoms with Crippen LogP contribution in [0.5, 0.6) is 0 Å². The third-order valence-corrected chi connectivity index (χ3v) is 1.67. The maximum atomic E-state index is 10.0. The third kappa shape index (κ3) is 5.79. The van der Waals surface area contributed by atoms with Crippen LogP contribution in [0.2, 0.25) is 0 Å². The summed E-state index contributed by atoms with van der Waals surface area (Å²) in [5.41, 5.74) is 0. The molecule has 0 amide bonds. The number of thiol groups is 1. The second-order valence-corrected chi connectivity index (χ2v) is 2.81. The Labute approximate surface area is 57.0 Å². The van der Waals surface area contributed by atoms with Crippen molar-refractivity contribution in [2.24, 2.45) is 0 Å². The normalized spacial score (nSPS) is 14.1. The van der Waals surface area contributed by atoms with Crippen LogP contribution in [0.25, 0.3) is 0 Å². The van der Waals surface area contributed by atoms with E-state index < -0.39 is 10.7 Å². The second-order valence-electron chi connectivity index (χ2n) is 1.78. The molecule has 0 aliphatic rings. The van der Waals surface area contributed by atoms with E-state index in [2.05, 4.69) is 0 Å². The molecule has 0 saturated carbocycles. The lowest BCUT2D eigenvalue weighted by Gasteiger charge is -2.05. The molecule has 9 heavy (non-hydrogen) atoms. The first-order valence-corrected chi connectivity index (χ1v) is 4.26. The minimum atomic E-state index is -2.28. The summed E-state index contributed by atoms with van der Waals surface area (Å²) in [5, 5.41) is 0. The van der Waals surface area contributed by atoms with Gasteiger partial charge in [-0.25, -0.2) is 8.42 Å². The van der Waals surface area contributed by atoms with Crippen molar-refractivity contribution in [1.82, 2.24) is 0 Å². The zero-order valence-corrected chi connectivity index (χ0v) is 6.56. The van der Waals surface area contributed by atoms with Gasteiger partial charge in [0, 0.05) is 6.61 Å². The minimum Gasteiger partial charge on any atom is -0.378 e. The van der Waals surface area contributed by atoms with Crippen LogP contribution in [-0.2, 0) is 15.4 Å². The van der Waals surface area contributed by atoms with Gasteiger partial charge in [-0.1, -0.05) is 0 Å². The van der Waals surface area contributed by atoms with Gasteiger partial charge >= 0.3 is 0 Å². The average molecular weight is 152 g/mol. The minimum absolute atomic E-state index is 0.128. The number of ether oxygens (including phenoxy) is 1. The third-order valence-electron chi connectivity index (χ3n) is 0.857. The summed E-state index contributed by atoms with van der Waals surface area (Å²) in [4.78, 5) is 0. The van der Waals surface area contributed by atoms with Crippen molar-refractivity contribution in [2.45, 2.75) is 20.0 Å². The molecule has 0 aromatic heterocycles. The molecule has 0 spiro atoms. The van der Waals surface area contributed by atoms with Crippen molar-refractivity contribution in [2.75, 3.05) is 12.4 Å². The molecule has 1 atom stereocenters. The van der Waals surface area contributed by atoms with Gasteiger partial charge in [0.25, 0.3) is 0 Å². The SMILES string of the molecule is CCOC(C)C[SH](=O)=O. The van der Waals surface area contributed by atoms with Crippen molar-refractivity contribution >= 4 is 10.7 Å². The van der Waals surface area contributed by atoms with E-state index in [9.17, 15) is 8.42 Å². The van der Waals surface area contributed by atoms with Crippen LogP contribution in [0.4, 0.5) is 0 Å². The van der Waals surface area contributed by atoms with Crippen LogP contribution in [0.1, 0.15) is 13.8 Å². The van der Waals surface area contributed by atoms with Crippen LogP contribution in [0, 0.1) is 0 Å². The van der Waals surface area contributed by atoms with Gasteiger partial charge in [0.15, 0.2) is 0 Å². The molecule has 0 aromatic carbocycles. The molecular formula is C5H12O3S. The summed E-state index contributed by atoms with van der Waals surface area (Å²) in [6.07, 6.45) is -0.156. The van der Waals surface area contributed by atoms with E-state index in [1.807, 2.05) is 6.92 Å². The van der Waals surface area contributed by atoms with E-state index >= 15 is 0 Å². The molecule has 0 aliphatic carbocycles. The highest BCUT2D eigenvalue weighted by molar-refractivity contribution is 7.72. The van der Waals surface area contributed by atoms with Gasteiger partial charge in [-0.05, 0) is 13.8 Å². The summed E-state index contributed by atoms with van der Waals surface area (Å²) in [5.74, 6) is 0.128. The van der Waals surface area contributed by atoms with E-state index in [0.717, 1.165) is 0 Å². The Balaban J connectivity index is 3.37. The lowest BCUT2D eigenvalue weighted by molar-refractivity contribution is 0.0924. The summed E-state index contributed by atoms with van der Waals surface area (Å²) in [6, 6.07) is 0. The Morgan fingerprint density at radius 2 is 2.11 bits per heavy atom. The van der Waals surface area contributed by atoms with Crippen LogP contribution < -0.4 is 0 Å². The largest absolute Gasteiger partial charge is 0.378 e. The fraction of sp³-hybridized carbons (Fsp3) is 1.00. The molecule has 0 radical (unpaired) electrons. The summed E-state index contributed by atoms with van der Waals surface area (Å²) >= 11 is 0. The zero-order valence-electron chi connectivity index (χ0n) is 5.66. The van der Waals surface area contributed by atoms with E-state index in [-0.39, 0.29) is 11.9 Å². The number of hydrogen-bond donors (Lipinski definition) is 1. The monoisotopic (exact) mass is 152 g/mol. The van der Waals surface area contributed by atoms with Crippen LogP contribution in [-0.4, -0.2) is 26.9 Å². The van der Waals surface area contributed by atoms with Gasteiger partial charge in [0.05, 0.1) is 11.9 Å². The topological polar surface area (TPSA) is 43.4 Å². The molecule has 0 bridgehead atoms. The molecule has 0 aromatic rings. The van der Waals surface area contributed by atoms with Gasteiger partial charge in [0.1, 0.15) is 10.7 Å². The van der Waals surface area contributed by atoms with E-state index in [4.69, 9.17) is 4.74 Å². The Morgan fingerprint density at radius 1 is 1.56 bits per heavy atom. The summed E-state index contributed by atoms with van der Waals surface area (Å²) in [7, 11) is -2.28. The quantitative estimate of drug-likeness (QED) is 0.578. The molecule has 0 rings (SSSR count). The van der Waals surface area contributed by atoms with Crippen molar-refractivity contribution in [3.63, 3.8) is 0 Å². The number of rotatable bonds is 4. The molecule has 3 nitrogen and oxygen atoms in total. The van der Waals surface area contributed by atoms with Crippen molar-refractivity contribution in [1.29, 1.82) is 0 Å². The molecule has 56 valence electrons. The maximum Gasteiger partial charge on any atom is 0.142 e. The Bertz CT molecular complexity index is 122.